The predicted molar refractivity (Wildman–Crippen MR) is 536 cm³/mol. The monoisotopic (exact) mass is 1750 g/mol. The van der Waals surface area contributed by atoms with Gasteiger partial charge in [-0.3, -0.25) is 0 Å². The Hall–Kier alpha value is -13.4. The van der Waals surface area contributed by atoms with Crippen molar-refractivity contribution in [1.82, 2.24) is 24.9 Å². The molecule has 15 nitrogen and oxygen atoms in total. The third-order valence-electron chi connectivity index (χ3n) is 25.4. The summed E-state index contributed by atoms with van der Waals surface area (Å²) in [6.45, 7) is 40.7. The van der Waals surface area contributed by atoms with E-state index in [4.69, 9.17) is 35.8 Å². The van der Waals surface area contributed by atoms with Gasteiger partial charge in [0.1, 0.15) is 35.2 Å². The van der Waals surface area contributed by atoms with Crippen LogP contribution in [0, 0.1) is 75.2 Å². The minimum atomic E-state index is -1.70. The second kappa shape index (κ2) is 37.6. The fourth-order valence-electron chi connectivity index (χ4n) is 18.5. The molecule has 15 heterocycles. The Morgan fingerprint density at radius 2 is 0.519 bits per heavy atom. The van der Waals surface area contributed by atoms with Crippen molar-refractivity contribution in [3.05, 3.63) is 295 Å². The summed E-state index contributed by atoms with van der Waals surface area (Å²) in [5, 5.41) is 10.2. The van der Waals surface area contributed by atoms with E-state index in [-0.39, 0.29) is 5.92 Å². The lowest BCUT2D eigenvalue weighted by molar-refractivity contribution is -0.661. The number of nitrogens with zero attached hydrogens (tertiary/aromatic N) is 10. The first kappa shape index (κ1) is 78.6. The summed E-state index contributed by atoms with van der Waals surface area (Å²) in [4.78, 5) is 22.8. The maximum atomic E-state index is 8.39. The molecule has 0 atom stereocenters. The quantitative estimate of drug-likeness (QED) is 0.0908. The van der Waals surface area contributed by atoms with Crippen LogP contribution in [0.15, 0.2) is 211 Å². The van der Waals surface area contributed by atoms with E-state index in [1.807, 2.05) is 152 Å². The van der Waals surface area contributed by atoms with Crippen LogP contribution in [0.5, 0.6) is 0 Å². The Morgan fingerprint density at radius 3 is 0.786 bits per heavy atom. The molecule has 0 aliphatic heterocycles. The molecule has 15 aromatic heterocycles. The van der Waals surface area contributed by atoms with Gasteiger partial charge in [0.15, 0.2) is 58.9 Å². The second-order valence-corrected chi connectivity index (χ2v) is 35.6. The van der Waals surface area contributed by atoms with E-state index in [2.05, 4.69) is 206 Å². The van der Waals surface area contributed by atoms with E-state index in [1.165, 1.54) is 61.2 Å². The van der Waals surface area contributed by atoms with Crippen molar-refractivity contribution < 1.29 is 58.6 Å². The zero-order valence-electron chi connectivity index (χ0n) is 90.7. The van der Waals surface area contributed by atoms with Gasteiger partial charge in [-0.15, -0.1) is 0 Å². The molecule has 0 aliphatic rings. The first-order valence-electron chi connectivity index (χ1n) is 50.4. The van der Waals surface area contributed by atoms with Gasteiger partial charge in [0.2, 0.25) is 57.0 Å². The van der Waals surface area contributed by atoms with Crippen LogP contribution in [0.25, 0.3) is 167 Å². The molecule has 0 amide bonds. The summed E-state index contributed by atoms with van der Waals surface area (Å²) in [6, 6.07) is 53.5. The highest BCUT2D eigenvalue weighted by atomic mass is 16.4. The summed E-state index contributed by atoms with van der Waals surface area (Å²) in [6.07, 6.45) is 4.93. The number of fused-ring (bicyclic) bond motifs is 15. The van der Waals surface area contributed by atoms with E-state index in [9.17, 15) is 0 Å². The molecule has 5 aromatic carbocycles. The van der Waals surface area contributed by atoms with E-state index in [0.29, 0.717) is 62.2 Å². The molecule has 0 radical (unpaired) electrons. The second-order valence-electron chi connectivity index (χ2n) is 35.6. The van der Waals surface area contributed by atoms with Crippen molar-refractivity contribution in [2.75, 3.05) is 0 Å². The molecule has 0 aliphatic carbocycles. The van der Waals surface area contributed by atoms with Crippen LogP contribution < -0.4 is 22.8 Å². The van der Waals surface area contributed by atoms with E-state index in [1.54, 1.807) is 31.5 Å². The summed E-state index contributed by atoms with van der Waals surface area (Å²) >= 11 is 0. The van der Waals surface area contributed by atoms with Gasteiger partial charge in [-0.25, -0.2) is 47.8 Å². The Labute approximate surface area is 784 Å². The standard InChI is InChI=1S/C24H27N2O.4C23H25N2O/c1-7-17-12-21(26(6)13-20(17)14(2)3)22-15(4)8-10-18-19-11-9-16(5)25-24(19)27-23(18)22;1-14(2)12-17-8-11-20(25(5)13-17)21-15(3)6-9-18-19-10-7-16(4)24-23(19)26-22(18)21;3*1-6-16-12-20(25(5)13-17(16)7-2)21-14(3)8-10-18-19-11-9-15(4)24-23(19)26-22(18)21/h8-14H,7H2,1-6H3;6-11,13-14H,12H2,1-5H3;3*8-13H,6-7H2,1-5H3/q5*+1/i7D2;;2*6D2,7D2;. The number of hydrogen-bond acceptors (Lipinski definition) is 10. The number of rotatable bonds is 15. The number of pyridine rings is 10. The van der Waals surface area contributed by atoms with Crippen LogP contribution >= 0.6 is 0 Å². The SMILES string of the molecule is CCc1cc(-c2c(C)ccc3c2oc2nc(C)ccc23)[n+](C)cc1CC.Cc1ccc2c(n1)oc1c(-c3ccc(CC(C)C)c[n+]3C)c(C)ccc12.[2H]C([2H])(C)c1cc(-c2c(C)ccc3c2oc2nc(C)ccc23)[n+](C)cc1C(C)C.[2H]C([2H])(C)c1cc(-c2c(C)ccc3c2oc2nc(C)ccc23)[n+](C)cc1C([2H])([2H])C.[2H]C([2H])(C)c1cc(-c2c(C)ccc3c2oc2nc(C)ccc23)[n+](C)cc1C([2H])([2H])C. The predicted octanol–water partition coefficient (Wildman–Crippen LogP) is 26.7. The zero-order chi connectivity index (χ0) is 102. The third kappa shape index (κ3) is 17.5. The fraction of sp³-hybridized carbons (Fsp3) is 0.310. The lowest BCUT2D eigenvalue weighted by atomic mass is 9.94. The molecular weight excluding hydrogens is 1610 g/mol. The summed E-state index contributed by atoms with van der Waals surface area (Å²) in [5.74, 6) is 0.881. The minimum Gasteiger partial charge on any atom is -0.437 e. The number of hydrogen-bond donors (Lipinski definition) is 0. The van der Waals surface area contributed by atoms with Crippen molar-refractivity contribution in [2.45, 2.75) is 202 Å². The van der Waals surface area contributed by atoms with Crippen molar-refractivity contribution in [1.29, 1.82) is 0 Å². The zero-order valence-corrected chi connectivity index (χ0v) is 80.7. The average molecular weight is 1750 g/mol. The van der Waals surface area contributed by atoms with Gasteiger partial charge in [-0.2, -0.15) is 0 Å². The Bertz CT molecular complexity index is 8160. The Balaban J connectivity index is 0.000000127. The summed E-state index contributed by atoms with van der Waals surface area (Å²) < 4.78 is 124. The molecule has 20 rings (SSSR count). The molecule has 0 unspecified atom stereocenters. The molecular formula is C116H127N10O5+5. The number of furan rings is 5. The smallest absolute Gasteiger partial charge is 0.227 e. The van der Waals surface area contributed by atoms with E-state index >= 15 is 0 Å². The lowest BCUT2D eigenvalue weighted by Crippen LogP contribution is -2.32. The molecule has 0 N–H and O–H groups in total. The minimum absolute atomic E-state index is 0.232. The van der Waals surface area contributed by atoms with E-state index < -0.39 is 31.9 Å². The highest BCUT2D eigenvalue weighted by molar-refractivity contribution is 6.13. The van der Waals surface area contributed by atoms with Crippen molar-refractivity contribution in [2.24, 2.45) is 41.2 Å². The molecule has 0 bridgehead atoms. The topological polar surface area (TPSA) is 150 Å². The summed E-state index contributed by atoms with van der Waals surface area (Å²) in [5.41, 5.74) is 34.5. The first-order valence-corrected chi connectivity index (χ1v) is 45.4. The average Bonchev–Trinajstić information content (AvgIpc) is 1.68. The van der Waals surface area contributed by atoms with Crippen LogP contribution in [-0.4, -0.2) is 24.9 Å². The maximum absolute atomic E-state index is 8.39. The molecule has 20 aromatic rings. The number of aromatic nitrogens is 10. The van der Waals surface area contributed by atoms with Crippen molar-refractivity contribution in [3.63, 3.8) is 0 Å². The molecule has 0 saturated heterocycles. The molecule has 666 valence electrons. The molecule has 131 heavy (non-hydrogen) atoms. The van der Waals surface area contributed by atoms with Gasteiger partial charge in [0.05, 0.1) is 27.8 Å². The first-order chi connectivity index (χ1) is 66.3. The van der Waals surface area contributed by atoms with E-state index in [0.717, 1.165) is 202 Å². The largest absolute Gasteiger partial charge is 0.437 e. The van der Waals surface area contributed by atoms with Crippen LogP contribution in [0.2, 0.25) is 0 Å². The van der Waals surface area contributed by atoms with Gasteiger partial charge >= 0.3 is 0 Å². The molecule has 0 fully saturated rings. The van der Waals surface area contributed by atoms with Gasteiger partial charge in [-0.1, -0.05) is 137 Å². The highest BCUT2D eigenvalue weighted by Gasteiger charge is 2.30. The highest BCUT2D eigenvalue weighted by Crippen LogP contribution is 2.44. The van der Waals surface area contributed by atoms with Crippen LogP contribution in [-0.2, 0) is 86.4 Å². The third-order valence-corrected chi connectivity index (χ3v) is 25.4. The van der Waals surface area contributed by atoms with Crippen LogP contribution in [0.1, 0.15) is 202 Å². The maximum Gasteiger partial charge on any atom is 0.227 e. The van der Waals surface area contributed by atoms with Crippen molar-refractivity contribution >= 4 is 110 Å². The molecule has 0 spiro atoms. The van der Waals surface area contributed by atoms with Gasteiger partial charge in [0, 0.05) is 154 Å². The van der Waals surface area contributed by atoms with Gasteiger partial charge in [0.25, 0.3) is 0 Å². The van der Waals surface area contributed by atoms with Gasteiger partial charge in [-0.05, 0) is 249 Å². The Kier molecular flexibility index (Phi) is 22.6. The van der Waals surface area contributed by atoms with Gasteiger partial charge < -0.3 is 22.1 Å². The number of aryl methyl sites for hydroxylation is 22. The number of benzene rings is 5. The molecule has 15 heteroatoms. The van der Waals surface area contributed by atoms with Crippen molar-refractivity contribution in [3.8, 4) is 56.3 Å². The van der Waals surface area contributed by atoms with Crippen LogP contribution in [0.3, 0.4) is 0 Å². The lowest BCUT2D eigenvalue weighted by Gasteiger charge is -2.13. The molecule has 0 saturated carbocycles. The summed E-state index contributed by atoms with van der Waals surface area (Å²) in [7, 11) is 9.95. The van der Waals surface area contributed by atoms with Crippen LogP contribution in [0.4, 0.5) is 0 Å². The Morgan fingerprint density at radius 1 is 0.267 bits per heavy atom. The normalized spacial score (nSPS) is 13.3. The fourth-order valence-corrected chi connectivity index (χ4v) is 18.5.